The zero-order valence-corrected chi connectivity index (χ0v) is 4.64. The zero-order valence-electron chi connectivity index (χ0n) is 4.64. The van der Waals surface area contributed by atoms with Gasteiger partial charge in [0.05, 0.1) is 6.20 Å². The number of hydrogen-bond acceptors (Lipinski definition) is 1. The molecule has 0 aliphatic heterocycles. The van der Waals surface area contributed by atoms with Gasteiger partial charge in [-0.1, -0.05) is 0 Å². The quantitative estimate of drug-likeness (QED) is 0.643. The van der Waals surface area contributed by atoms with Crippen LogP contribution in [-0.4, -0.2) is 16.6 Å². The van der Waals surface area contributed by atoms with Crippen molar-refractivity contribution in [3.05, 3.63) is 18.0 Å². The van der Waals surface area contributed by atoms with Gasteiger partial charge < -0.3 is 0 Å². The predicted octanol–water partition coefficient (Wildman–Crippen LogP) is 1.22. The van der Waals surface area contributed by atoms with Crippen LogP contribution in [0, 0.1) is 0 Å². The lowest BCUT2D eigenvalue weighted by Crippen LogP contribution is -1.93. The van der Waals surface area contributed by atoms with Crippen molar-refractivity contribution in [1.82, 2.24) is 10.2 Å². The van der Waals surface area contributed by atoms with Gasteiger partial charge in [0.25, 0.3) is 0 Å². The fourth-order valence-corrected chi connectivity index (χ4v) is 0.567. The van der Waals surface area contributed by atoms with Crippen LogP contribution in [0.5, 0.6) is 0 Å². The molecule has 0 bridgehead atoms. The summed E-state index contributed by atoms with van der Waals surface area (Å²) < 4.78 is 23.1. The van der Waals surface area contributed by atoms with Gasteiger partial charge in [-0.2, -0.15) is 5.10 Å². The minimum atomic E-state index is -2.28. The van der Waals surface area contributed by atoms with E-state index in [9.17, 15) is 8.78 Å². The topological polar surface area (TPSA) is 28.7 Å². The molecule has 0 radical (unpaired) electrons. The number of H-pyrrole nitrogens is 1. The molecule has 1 rings (SSSR count). The van der Waals surface area contributed by atoms with Crippen LogP contribution < -0.4 is 0 Å². The monoisotopic (exact) mass is 132 g/mol. The van der Waals surface area contributed by atoms with E-state index in [0.29, 0.717) is 5.56 Å². The Morgan fingerprint density at radius 1 is 1.67 bits per heavy atom. The molecule has 1 aromatic rings. The summed E-state index contributed by atoms with van der Waals surface area (Å²) in [6, 6.07) is 0. The average molecular weight is 132 g/mol. The first-order chi connectivity index (χ1) is 4.29. The summed E-state index contributed by atoms with van der Waals surface area (Å²) in [7, 11) is 0. The Kier molecular flexibility index (Phi) is 1.77. The van der Waals surface area contributed by atoms with Crippen molar-refractivity contribution in [2.45, 2.75) is 12.8 Å². The Labute approximate surface area is 50.9 Å². The second kappa shape index (κ2) is 2.57. The van der Waals surface area contributed by atoms with Gasteiger partial charge in [-0.25, -0.2) is 8.78 Å². The highest BCUT2D eigenvalue weighted by atomic mass is 19.3. The van der Waals surface area contributed by atoms with E-state index in [1.165, 1.54) is 12.4 Å². The largest absolute Gasteiger partial charge is 0.285 e. The summed E-state index contributed by atoms with van der Waals surface area (Å²) in [6.45, 7) is 0. The van der Waals surface area contributed by atoms with Crippen LogP contribution in [0.1, 0.15) is 5.56 Å². The third kappa shape index (κ3) is 1.79. The van der Waals surface area contributed by atoms with Crippen LogP contribution in [0.25, 0.3) is 0 Å². The third-order valence-corrected chi connectivity index (χ3v) is 0.945. The van der Waals surface area contributed by atoms with Crippen molar-refractivity contribution in [2.24, 2.45) is 0 Å². The summed E-state index contributed by atoms with van der Waals surface area (Å²) in [5.41, 5.74) is 0.546. The number of hydrogen-bond donors (Lipinski definition) is 1. The highest BCUT2D eigenvalue weighted by Gasteiger charge is 2.03. The normalized spacial score (nSPS) is 10.6. The van der Waals surface area contributed by atoms with Gasteiger partial charge >= 0.3 is 0 Å². The van der Waals surface area contributed by atoms with E-state index in [-0.39, 0.29) is 6.42 Å². The molecule has 4 heteroatoms. The van der Waals surface area contributed by atoms with Crippen molar-refractivity contribution < 1.29 is 8.78 Å². The molecule has 0 aliphatic rings. The molecule has 1 N–H and O–H groups in total. The Morgan fingerprint density at radius 2 is 2.44 bits per heavy atom. The second-order valence-corrected chi connectivity index (χ2v) is 1.70. The summed E-state index contributed by atoms with van der Waals surface area (Å²) in [5, 5.41) is 5.97. The van der Waals surface area contributed by atoms with Crippen LogP contribution in [-0.2, 0) is 6.42 Å². The minimum Gasteiger partial charge on any atom is -0.285 e. The number of alkyl halides is 2. The molecule has 0 aromatic carbocycles. The van der Waals surface area contributed by atoms with Crippen molar-refractivity contribution in [2.75, 3.05) is 0 Å². The Balaban J connectivity index is 2.48. The first-order valence-electron chi connectivity index (χ1n) is 2.55. The van der Waals surface area contributed by atoms with E-state index >= 15 is 0 Å². The summed E-state index contributed by atoms with van der Waals surface area (Å²) in [6.07, 6.45) is 0.372. The average Bonchev–Trinajstić information content (AvgIpc) is 2.15. The first-order valence-corrected chi connectivity index (χ1v) is 2.55. The Bertz CT molecular complexity index is 159. The molecule has 0 saturated carbocycles. The Morgan fingerprint density at radius 3 is 2.89 bits per heavy atom. The van der Waals surface area contributed by atoms with Crippen LogP contribution >= 0.6 is 0 Å². The fraction of sp³-hybridized carbons (Fsp3) is 0.400. The summed E-state index contributed by atoms with van der Waals surface area (Å²) >= 11 is 0. The second-order valence-electron chi connectivity index (χ2n) is 1.70. The molecule has 0 aliphatic carbocycles. The van der Waals surface area contributed by atoms with E-state index in [2.05, 4.69) is 10.2 Å². The molecule has 2 nitrogen and oxygen atoms in total. The minimum absolute atomic E-state index is 0.212. The van der Waals surface area contributed by atoms with Crippen LogP contribution in [0.2, 0.25) is 0 Å². The van der Waals surface area contributed by atoms with Crippen LogP contribution in [0.3, 0.4) is 0 Å². The lowest BCUT2D eigenvalue weighted by molar-refractivity contribution is 0.149. The van der Waals surface area contributed by atoms with E-state index in [1.807, 2.05) is 0 Å². The van der Waals surface area contributed by atoms with Gasteiger partial charge in [0.15, 0.2) is 0 Å². The smallest absolute Gasteiger partial charge is 0.242 e. The van der Waals surface area contributed by atoms with Crippen LogP contribution in [0.4, 0.5) is 8.78 Å². The predicted molar refractivity (Wildman–Crippen MR) is 28.3 cm³/mol. The first kappa shape index (κ1) is 6.19. The standard InChI is InChI=1S/C5H6F2N2/c6-5(7)1-4-2-8-9-3-4/h2-3,5H,1H2,(H,8,9). The van der Waals surface area contributed by atoms with E-state index in [4.69, 9.17) is 0 Å². The van der Waals surface area contributed by atoms with Gasteiger partial charge in [-0.15, -0.1) is 0 Å². The van der Waals surface area contributed by atoms with Crippen molar-refractivity contribution >= 4 is 0 Å². The van der Waals surface area contributed by atoms with E-state index in [0.717, 1.165) is 0 Å². The summed E-state index contributed by atoms with van der Waals surface area (Å²) in [5.74, 6) is 0. The molecule has 0 amide bonds. The number of aromatic amines is 1. The number of nitrogens with zero attached hydrogens (tertiary/aromatic N) is 1. The maximum atomic E-state index is 11.6. The molecule has 0 spiro atoms. The van der Waals surface area contributed by atoms with Gasteiger partial charge in [0.1, 0.15) is 0 Å². The lowest BCUT2D eigenvalue weighted by atomic mass is 10.3. The SMILES string of the molecule is FC(F)Cc1cn[nH]c1. The van der Waals surface area contributed by atoms with Crippen molar-refractivity contribution in [3.8, 4) is 0 Å². The zero-order chi connectivity index (χ0) is 6.69. The number of aromatic nitrogens is 2. The number of halogens is 2. The van der Waals surface area contributed by atoms with Gasteiger partial charge in [0, 0.05) is 12.6 Å². The molecule has 9 heavy (non-hydrogen) atoms. The Hall–Kier alpha value is -0.930. The number of nitrogens with one attached hydrogen (secondary N) is 1. The van der Waals surface area contributed by atoms with Crippen molar-refractivity contribution in [1.29, 1.82) is 0 Å². The highest BCUT2D eigenvalue weighted by molar-refractivity contribution is 5.02. The third-order valence-electron chi connectivity index (χ3n) is 0.945. The maximum Gasteiger partial charge on any atom is 0.242 e. The number of rotatable bonds is 2. The van der Waals surface area contributed by atoms with Gasteiger partial charge in [-0.3, -0.25) is 5.10 Å². The van der Waals surface area contributed by atoms with Gasteiger partial charge in [0.2, 0.25) is 6.43 Å². The molecule has 0 fully saturated rings. The molecule has 50 valence electrons. The maximum absolute atomic E-state index is 11.6. The van der Waals surface area contributed by atoms with Crippen LogP contribution in [0.15, 0.2) is 12.4 Å². The van der Waals surface area contributed by atoms with Gasteiger partial charge in [-0.05, 0) is 5.56 Å². The molecule has 0 unspecified atom stereocenters. The molecule has 0 saturated heterocycles. The molecular weight excluding hydrogens is 126 g/mol. The lowest BCUT2D eigenvalue weighted by Gasteiger charge is -1.90. The highest BCUT2D eigenvalue weighted by Crippen LogP contribution is 2.03. The van der Waals surface area contributed by atoms with Crippen molar-refractivity contribution in [3.63, 3.8) is 0 Å². The molecule has 1 aromatic heterocycles. The van der Waals surface area contributed by atoms with E-state index in [1.54, 1.807) is 0 Å². The molecule has 0 atom stereocenters. The molecular formula is C5H6F2N2. The fourth-order valence-electron chi connectivity index (χ4n) is 0.567. The van der Waals surface area contributed by atoms with E-state index < -0.39 is 6.43 Å². The summed E-state index contributed by atoms with van der Waals surface area (Å²) in [4.78, 5) is 0. The molecule has 1 heterocycles.